The Hall–Kier alpha value is -2.49. The molecule has 5 rings (SSSR count). The summed E-state index contributed by atoms with van der Waals surface area (Å²) in [7, 11) is 0. The number of amides is 1. The molecule has 364 valence electrons. The number of piperidine rings is 1. The standard InChI is InChI=1S/C51H83NO12/c1-14-37-19-21-41(32(5)25-30(3)36(9)53)59-48(57)40-17-15-16-22-52(40)47(56)46(55)51(58)34(7)18-20-38(61-51)26-43-35(8)44(64-50(12,13)63-43)28-39-27-42(62-49(10,11)60-39)31(4)23-29(2)24-33(6)45(37)54/h19,23,25,29-30,33-36,38-45,53-54,58H,14-18,20-22,24,26-28H2,1-13H3/b31-23+,32-25+,37-19+. The van der Waals surface area contributed by atoms with Gasteiger partial charge in [0.1, 0.15) is 12.1 Å². The molecule has 13 heteroatoms. The molecule has 5 heterocycles. The maximum absolute atomic E-state index is 14.3. The average molecular weight is 902 g/mol. The van der Waals surface area contributed by atoms with Gasteiger partial charge in [-0.1, -0.05) is 59.8 Å². The number of hydrogen-bond donors (Lipinski definition) is 3. The molecule has 15 unspecified atom stereocenters. The number of aliphatic hydroxyl groups excluding tert-OH is 2. The molecular weight excluding hydrogens is 819 g/mol. The van der Waals surface area contributed by atoms with E-state index < -0.39 is 71.4 Å². The molecule has 1 amide bonds. The summed E-state index contributed by atoms with van der Waals surface area (Å²) < 4.78 is 38.8. The first-order valence-electron chi connectivity index (χ1n) is 24.4. The third kappa shape index (κ3) is 12.9. The maximum Gasteiger partial charge on any atom is 0.329 e. The second-order valence-electron chi connectivity index (χ2n) is 21.1. The largest absolute Gasteiger partial charge is 0.456 e. The van der Waals surface area contributed by atoms with Crippen molar-refractivity contribution in [2.24, 2.45) is 29.6 Å². The maximum atomic E-state index is 14.3. The zero-order valence-corrected chi connectivity index (χ0v) is 41.3. The van der Waals surface area contributed by atoms with Crippen molar-refractivity contribution in [3.05, 3.63) is 34.9 Å². The Morgan fingerprint density at radius 2 is 1.52 bits per heavy atom. The molecule has 5 aliphatic heterocycles. The highest BCUT2D eigenvalue weighted by molar-refractivity contribution is 6.39. The van der Waals surface area contributed by atoms with E-state index in [0.717, 1.165) is 23.1 Å². The van der Waals surface area contributed by atoms with E-state index in [0.29, 0.717) is 57.8 Å². The van der Waals surface area contributed by atoms with Crippen molar-refractivity contribution in [2.75, 3.05) is 6.54 Å². The lowest BCUT2D eigenvalue weighted by Gasteiger charge is -2.49. The van der Waals surface area contributed by atoms with Gasteiger partial charge in [0.2, 0.25) is 5.79 Å². The summed E-state index contributed by atoms with van der Waals surface area (Å²) in [4.78, 5) is 44.2. The van der Waals surface area contributed by atoms with Gasteiger partial charge in [-0.05, 0) is 122 Å². The fourth-order valence-corrected chi connectivity index (χ4v) is 10.6. The molecule has 0 aromatic rings. The molecule has 0 spiro atoms. The molecule has 6 bridgehead atoms. The SMILES string of the molecule is CC/C1=C\CC(/C(C)=C/C(C)C(C)O)OC(=O)C2CCCCN2C(=O)C(=O)C2(O)OC(CCC2C)CC2OC(C)(C)OC(CC3CC(OC(C)(C)O3)/C(C)=C/C(C)CC(C)C1O)C2C. The second-order valence-corrected chi connectivity index (χ2v) is 21.1. The third-order valence-electron chi connectivity index (χ3n) is 14.7. The topological polar surface area (TPSA) is 171 Å². The summed E-state index contributed by atoms with van der Waals surface area (Å²) in [5.41, 5.74) is 2.66. The number of ether oxygens (including phenoxy) is 6. The summed E-state index contributed by atoms with van der Waals surface area (Å²) in [6.07, 6.45) is 8.05. The molecule has 0 saturated carbocycles. The number of Topliss-reactive ketones (excluding diaryl/α,β-unsaturated/α-hetero) is 1. The molecule has 0 aromatic heterocycles. The van der Waals surface area contributed by atoms with Crippen LogP contribution in [0.3, 0.4) is 0 Å². The summed E-state index contributed by atoms with van der Waals surface area (Å²) in [6.45, 7) is 25.4. The van der Waals surface area contributed by atoms with Gasteiger partial charge in [-0.15, -0.1) is 0 Å². The van der Waals surface area contributed by atoms with Gasteiger partial charge < -0.3 is 48.6 Å². The van der Waals surface area contributed by atoms with Gasteiger partial charge in [-0.2, -0.15) is 0 Å². The van der Waals surface area contributed by atoms with Crippen molar-refractivity contribution >= 4 is 17.7 Å². The van der Waals surface area contributed by atoms with Crippen LogP contribution < -0.4 is 0 Å². The van der Waals surface area contributed by atoms with Crippen molar-refractivity contribution in [3.63, 3.8) is 0 Å². The van der Waals surface area contributed by atoms with E-state index in [1.54, 1.807) is 13.8 Å². The number of carbonyl (C=O) groups excluding carboxylic acids is 3. The minimum Gasteiger partial charge on any atom is -0.456 e. The van der Waals surface area contributed by atoms with Crippen LogP contribution in [-0.4, -0.2) is 117 Å². The number of aliphatic hydroxyl groups is 3. The first kappa shape index (κ1) is 52.5. The van der Waals surface area contributed by atoms with E-state index in [-0.39, 0.29) is 61.1 Å². The van der Waals surface area contributed by atoms with Crippen LogP contribution in [0.1, 0.15) is 161 Å². The number of ketones is 1. The van der Waals surface area contributed by atoms with Crippen LogP contribution in [0.5, 0.6) is 0 Å². The molecule has 0 aromatic carbocycles. The highest BCUT2D eigenvalue weighted by Gasteiger charge is 2.54. The number of carbonyl (C=O) groups is 3. The number of rotatable bonds is 4. The van der Waals surface area contributed by atoms with Crippen LogP contribution in [0.25, 0.3) is 0 Å². The minimum absolute atomic E-state index is 0.0932. The normalized spacial score (nSPS) is 41.5. The first-order valence-corrected chi connectivity index (χ1v) is 24.4. The van der Waals surface area contributed by atoms with E-state index in [1.165, 1.54) is 4.90 Å². The van der Waals surface area contributed by atoms with Crippen molar-refractivity contribution < 1.29 is 58.1 Å². The molecule has 4 fully saturated rings. The average Bonchev–Trinajstić information content (AvgIpc) is 3.21. The third-order valence-corrected chi connectivity index (χ3v) is 14.7. The Kier molecular flexibility index (Phi) is 17.7. The Bertz CT molecular complexity index is 1720. The Morgan fingerprint density at radius 1 is 0.875 bits per heavy atom. The number of allylic oxidation sites excluding steroid dienone is 1. The van der Waals surface area contributed by atoms with E-state index >= 15 is 0 Å². The molecule has 5 aliphatic rings. The highest BCUT2D eigenvalue weighted by atomic mass is 16.7. The molecule has 15 atom stereocenters. The number of fused-ring (bicyclic) bond motifs is 7. The van der Waals surface area contributed by atoms with E-state index in [4.69, 9.17) is 28.4 Å². The molecule has 64 heavy (non-hydrogen) atoms. The van der Waals surface area contributed by atoms with Gasteiger partial charge in [0.15, 0.2) is 11.6 Å². The highest BCUT2D eigenvalue weighted by Crippen LogP contribution is 2.42. The van der Waals surface area contributed by atoms with Crippen LogP contribution >= 0.6 is 0 Å². The first-order chi connectivity index (χ1) is 29.8. The Morgan fingerprint density at radius 3 is 2.16 bits per heavy atom. The number of nitrogens with zero attached hydrogens (tertiary/aromatic N) is 1. The van der Waals surface area contributed by atoms with Crippen LogP contribution in [0.2, 0.25) is 0 Å². The van der Waals surface area contributed by atoms with E-state index in [9.17, 15) is 29.7 Å². The van der Waals surface area contributed by atoms with Crippen LogP contribution in [0.15, 0.2) is 34.9 Å². The monoisotopic (exact) mass is 902 g/mol. The number of hydrogen-bond acceptors (Lipinski definition) is 12. The molecule has 4 saturated heterocycles. The predicted molar refractivity (Wildman–Crippen MR) is 243 cm³/mol. The van der Waals surface area contributed by atoms with Gasteiger partial charge in [0, 0.05) is 50.0 Å². The van der Waals surface area contributed by atoms with Crippen molar-refractivity contribution in [3.8, 4) is 0 Å². The minimum atomic E-state index is -2.41. The fraction of sp³-hybridized carbons (Fsp3) is 0.824. The number of esters is 1. The van der Waals surface area contributed by atoms with Gasteiger partial charge >= 0.3 is 5.97 Å². The van der Waals surface area contributed by atoms with Crippen LogP contribution in [0, 0.1) is 29.6 Å². The van der Waals surface area contributed by atoms with Crippen LogP contribution in [0.4, 0.5) is 0 Å². The van der Waals surface area contributed by atoms with Gasteiger partial charge in [-0.25, -0.2) is 4.79 Å². The Labute approximate surface area is 383 Å². The summed E-state index contributed by atoms with van der Waals surface area (Å²) >= 11 is 0. The van der Waals surface area contributed by atoms with Gasteiger partial charge in [0.25, 0.3) is 11.7 Å². The molecule has 0 radical (unpaired) electrons. The second kappa shape index (κ2) is 21.6. The lowest BCUT2D eigenvalue weighted by Crippen LogP contribution is -2.61. The van der Waals surface area contributed by atoms with E-state index in [1.807, 2.05) is 60.6 Å². The quantitative estimate of drug-likeness (QED) is 0.142. The zero-order chi connectivity index (χ0) is 47.5. The summed E-state index contributed by atoms with van der Waals surface area (Å²) in [5.74, 6) is -7.88. The van der Waals surface area contributed by atoms with Crippen molar-refractivity contribution in [1.82, 2.24) is 4.90 Å². The van der Waals surface area contributed by atoms with Crippen molar-refractivity contribution in [2.45, 2.75) is 233 Å². The number of cyclic esters (lactones) is 1. The predicted octanol–water partition coefficient (Wildman–Crippen LogP) is 7.87. The van der Waals surface area contributed by atoms with Crippen LogP contribution in [-0.2, 0) is 42.8 Å². The molecule has 3 N–H and O–H groups in total. The summed E-state index contributed by atoms with van der Waals surface area (Å²) in [6, 6.07) is -1.05. The summed E-state index contributed by atoms with van der Waals surface area (Å²) in [5, 5.41) is 34.3. The van der Waals surface area contributed by atoms with Gasteiger partial charge in [0.05, 0.1) is 42.7 Å². The molecule has 13 nitrogen and oxygen atoms in total. The van der Waals surface area contributed by atoms with E-state index in [2.05, 4.69) is 33.8 Å². The zero-order valence-electron chi connectivity index (χ0n) is 41.3. The molecular formula is C51H83NO12. The Balaban J connectivity index is 1.52. The molecule has 0 aliphatic carbocycles. The smallest absolute Gasteiger partial charge is 0.329 e. The lowest BCUT2D eigenvalue weighted by molar-refractivity contribution is -0.341. The lowest BCUT2D eigenvalue weighted by atomic mass is 9.82. The fourth-order valence-electron chi connectivity index (χ4n) is 10.6. The van der Waals surface area contributed by atoms with Crippen molar-refractivity contribution in [1.29, 1.82) is 0 Å². The van der Waals surface area contributed by atoms with Gasteiger partial charge in [-0.3, -0.25) is 9.59 Å².